The van der Waals surface area contributed by atoms with Gasteiger partial charge in [0.25, 0.3) is 0 Å². The second-order valence-electron chi connectivity index (χ2n) is 3.65. The van der Waals surface area contributed by atoms with E-state index in [9.17, 15) is 9.90 Å². The molecule has 0 aromatic rings. The predicted molar refractivity (Wildman–Crippen MR) is 50.6 cm³/mol. The quantitative estimate of drug-likeness (QED) is 0.538. The average Bonchev–Trinajstić information content (AvgIpc) is 2.52. The number of esters is 1. The van der Waals surface area contributed by atoms with Crippen LogP contribution in [0.25, 0.3) is 0 Å². The van der Waals surface area contributed by atoms with Gasteiger partial charge in [0.2, 0.25) is 0 Å². The molecular formula is C10H18O4. The van der Waals surface area contributed by atoms with Gasteiger partial charge in [-0.05, 0) is 12.8 Å². The first-order valence-corrected chi connectivity index (χ1v) is 5.18. The van der Waals surface area contributed by atoms with Crippen LogP contribution < -0.4 is 0 Å². The van der Waals surface area contributed by atoms with Crippen molar-refractivity contribution in [1.82, 2.24) is 0 Å². The van der Waals surface area contributed by atoms with Gasteiger partial charge in [0.15, 0.2) is 5.79 Å². The van der Waals surface area contributed by atoms with E-state index in [2.05, 4.69) is 0 Å². The zero-order valence-electron chi connectivity index (χ0n) is 8.62. The SMILES string of the molecule is CCCCOC(=O)CC1(O)CCCO1. The summed E-state index contributed by atoms with van der Waals surface area (Å²) in [4.78, 5) is 11.2. The third-order valence-electron chi connectivity index (χ3n) is 2.26. The molecule has 0 aromatic carbocycles. The highest BCUT2D eigenvalue weighted by Crippen LogP contribution is 2.26. The molecule has 82 valence electrons. The molecule has 4 heteroatoms. The Morgan fingerprint density at radius 2 is 2.43 bits per heavy atom. The van der Waals surface area contributed by atoms with Gasteiger partial charge in [0.05, 0.1) is 19.6 Å². The van der Waals surface area contributed by atoms with E-state index in [1.54, 1.807) is 0 Å². The third kappa shape index (κ3) is 3.64. The summed E-state index contributed by atoms with van der Waals surface area (Å²) in [6, 6.07) is 0. The maximum Gasteiger partial charge on any atom is 0.311 e. The van der Waals surface area contributed by atoms with Crippen LogP contribution in [0.5, 0.6) is 0 Å². The molecule has 0 bridgehead atoms. The summed E-state index contributed by atoms with van der Waals surface area (Å²) >= 11 is 0. The Morgan fingerprint density at radius 1 is 1.64 bits per heavy atom. The van der Waals surface area contributed by atoms with Crippen molar-refractivity contribution in [3.8, 4) is 0 Å². The van der Waals surface area contributed by atoms with Gasteiger partial charge in [0.1, 0.15) is 0 Å². The second-order valence-corrected chi connectivity index (χ2v) is 3.65. The lowest BCUT2D eigenvalue weighted by molar-refractivity contribution is -0.190. The monoisotopic (exact) mass is 202 g/mol. The molecule has 0 spiro atoms. The molecule has 0 radical (unpaired) electrons. The second kappa shape index (κ2) is 5.32. The summed E-state index contributed by atoms with van der Waals surface area (Å²) < 4.78 is 10.0. The number of rotatable bonds is 5. The van der Waals surface area contributed by atoms with Gasteiger partial charge in [-0.2, -0.15) is 0 Å². The normalized spacial score (nSPS) is 26.4. The van der Waals surface area contributed by atoms with E-state index in [4.69, 9.17) is 9.47 Å². The van der Waals surface area contributed by atoms with Crippen molar-refractivity contribution >= 4 is 5.97 Å². The summed E-state index contributed by atoms with van der Waals surface area (Å²) in [5.74, 6) is -1.63. The van der Waals surface area contributed by atoms with Crippen LogP contribution in [-0.2, 0) is 14.3 Å². The summed E-state index contributed by atoms with van der Waals surface area (Å²) in [7, 11) is 0. The molecule has 1 saturated heterocycles. The van der Waals surface area contributed by atoms with Crippen molar-refractivity contribution in [1.29, 1.82) is 0 Å². The number of ether oxygens (including phenoxy) is 2. The van der Waals surface area contributed by atoms with Crippen LogP contribution in [0.2, 0.25) is 0 Å². The molecule has 14 heavy (non-hydrogen) atoms. The minimum absolute atomic E-state index is 0.0449. The number of aliphatic hydroxyl groups is 1. The minimum Gasteiger partial charge on any atom is -0.466 e. The van der Waals surface area contributed by atoms with E-state index in [1.807, 2.05) is 6.92 Å². The van der Waals surface area contributed by atoms with Crippen molar-refractivity contribution in [3.63, 3.8) is 0 Å². The van der Waals surface area contributed by atoms with Crippen LogP contribution in [0.4, 0.5) is 0 Å². The topological polar surface area (TPSA) is 55.8 Å². The maximum atomic E-state index is 11.2. The number of carbonyl (C=O) groups is 1. The molecule has 1 N–H and O–H groups in total. The van der Waals surface area contributed by atoms with E-state index in [-0.39, 0.29) is 12.4 Å². The fraction of sp³-hybridized carbons (Fsp3) is 0.900. The molecule has 0 aliphatic carbocycles. The molecule has 4 nitrogen and oxygen atoms in total. The summed E-state index contributed by atoms with van der Waals surface area (Å²) in [5.41, 5.74) is 0. The Kier molecular flexibility index (Phi) is 4.35. The van der Waals surface area contributed by atoms with E-state index in [1.165, 1.54) is 0 Å². The van der Waals surface area contributed by atoms with E-state index in [0.717, 1.165) is 19.3 Å². The van der Waals surface area contributed by atoms with Crippen LogP contribution >= 0.6 is 0 Å². The standard InChI is InChI=1S/C10H18O4/c1-2-3-6-13-9(11)8-10(12)5-4-7-14-10/h12H,2-8H2,1H3. The fourth-order valence-corrected chi connectivity index (χ4v) is 1.43. The molecule has 1 atom stereocenters. The van der Waals surface area contributed by atoms with Crippen molar-refractivity contribution in [2.75, 3.05) is 13.2 Å². The van der Waals surface area contributed by atoms with Crippen molar-refractivity contribution < 1.29 is 19.4 Å². The predicted octanol–water partition coefficient (Wildman–Crippen LogP) is 1.22. The Balaban J connectivity index is 2.19. The Hall–Kier alpha value is -0.610. The van der Waals surface area contributed by atoms with Gasteiger partial charge in [-0.1, -0.05) is 13.3 Å². The molecule has 1 fully saturated rings. The van der Waals surface area contributed by atoms with Crippen LogP contribution in [0.1, 0.15) is 39.0 Å². The molecule has 0 amide bonds. The number of hydrogen-bond acceptors (Lipinski definition) is 4. The number of unbranched alkanes of at least 4 members (excludes halogenated alkanes) is 1. The summed E-state index contributed by atoms with van der Waals surface area (Å²) in [6.45, 7) is 2.99. The van der Waals surface area contributed by atoms with Gasteiger partial charge in [0, 0.05) is 6.42 Å². The third-order valence-corrected chi connectivity index (χ3v) is 2.26. The first kappa shape index (κ1) is 11.5. The van der Waals surface area contributed by atoms with E-state index >= 15 is 0 Å². The maximum absolute atomic E-state index is 11.2. The summed E-state index contributed by atoms with van der Waals surface area (Å²) in [6.07, 6.45) is 3.14. The summed E-state index contributed by atoms with van der Waals surface area (Å²) in [5, 5.41) is 9.70. The van der Waals surface area contributed by atoms with Crippen LogP contribution in [0.15, 0.2) is 0 Å². The van der Waals surface area contributed by atoms with Crippen LogP contribution in [0, 0.1) is 0 Å². The highest BCUT2D eigenvalue weighted by molar-refractivity contribution is 5.70. The van der Waals surface area contributed by atoms with Gasteiger partial charge < -0.3 is 14.6 Å². The van der Waals surface area contributed by atoms with Gasteiger partial charge in [-0.15, -0.1) is 0 Å². The smallest absolute Gasteiger partial charge is 0.311 e. The lowest BCUT2D eigenvalue weighted by Crippen LogP contribution is -2.31. The van der Waals surface area contributed by atoms with Crippen LogP contribution in [0.3, 0.4) is 0 Å². The molecule has 1 heterocycles. The minimum atomic E-state index is -1.26. The highest BCUT2D eigenvalue weighted by Gasteiger charge is 2.35. The first-order chi connectivity index (χ1) is 6.66. The van der Waals surface area contributed by atoms with Crippen LogP contribution in [-0.4, -0.2) is 30.1 Å². The molecule has 0 aromatic heterocycles. The molecule has 1 aliphatic heterocycles. The van der Waals surface area contributed by atoms with Crippen molar-refractivity contribution in [2.24, 2.45) is 0 Å². The van der Waals surface area contributed by atoms with Gasteiger partial charge in [-0.25, -0.2) is 0 Å². The molecule has 1 unspecified atom stereocenters. The van der Waals surface area contributed by atoms with Gasteiger partial charge >= 0.3 is 5.97 Å². The Labute approximate surface area is 84.2 Å². The molecule has 1 aliphatic rings. The Morgan fingerprint density at radius 3 is 3.00 bits per heavy atom. The Bertz CT molecular complexity index is 185. The number of hydrogen-bond donors (Lipinski definition) is 1. The van der Waals surface area contributed by atoms with Gasteiger partial charge in [-0.3, -0.25) is 4.79 Å². The number of carbonyl (C=O) groups excluding carboxylic acids is 1. The van der Waals surface area contributed by atoms with E-state index in [0.29, 0.717) is 19.6 Å². The zero-order chi connectivity index (χ0) is 10.4. The lowest BCUT2D eigenvalue weighted by Gasteiger charge is -2.19. The first-order valence-electron chi connectivity index (χ1n) is 5.18. The molecular weight excluding hydrogens is 184 g/mol. The highest BCUT2D eigenvalue weighted by atomic mass is 16.6. The fourth-order valence-electron chi connectivity index (χ4n) is 1.43. The van der Waals surface area contributed by atoms with Crippen molar-refractivity contribution in [2.45, 2.75) is 44.8 Å². The molecule has 0 saturated carbocycles. The van der Waals surface area contributed by atoms with E-state index < -0.39 is 5.79 Å². The molecule has 1 rings (SSSR count). The largest absolute Gasteiger partial charge is 0.466 e. The van der Waals surface area contributed by atoms with Crippen molar-refractivity contribution in [3.05, 3.63) is 0 Å². The zero-order valence-corrected chi connectivity index (χ0v) is 8.62. The lowest BCUT2D eigenvalue weighted by atomic mass is 10.1. The average molecular weight is 202 g/mol.